The summed E-state index contributed by atoms with van der Waals surface area (Å²) in [5.74, 6) is -0.353. The van der Waals surface area contributed by atoms with Gasteiger partial charge in [-0.1, -0.05) is 6.07 Å². The molecule has 1 rings (SSSR count). The first kappa shape index (κ1) is 13.6. The highest BCUT2D eigenvalue weighted by molar-refractivity contribution is 5.74. The van der Waals surface area contributed by atoms with Crippen LogP contribution in [0, 0.1) is 0 Å². The molecule has 1 atom stereocenters. The minimum Gasteiger partial charge on any atom is -0.458 e. The summed E-state index contributed by atoms with van der Waals surface area (Å²) in [7, 11) is 0. The van der Waals surface area contributed by atoms with Crippen molar-refractivity contribution in [2.24, 2.45) is 0 Å². The van der Waals surface area contributed by atoms with Crippen LogP contribution in [0.4, 0.5) is 0 Å². The Morgan fingerprint density at radius 2 is 2.12 bits per heavy atom. The van der Waals surface area contributed by atoms with Gasteiger partial charge in [0.15, 0.2) is 6.10 Å². The van der Waals surface area contributed by atoms with Crippen LogP contribution in [0.1, 0.15) is 33.4 Å². The maximum atomic E-state index is 11.6. The molecular weight excluding hydrogens is 218 g/mol. The molecule has 0 saturated carbocycles. The predicted octanol–water partition coefficient (Wildman–Crippen LogP) is 2.33. The van der Waals surface area contributed by atoms with Crippen molar-refractivity contribution in [2.45, 2.75) is 46.0 Å². The molecule has 0 aliphatic carbocycles. The number of carbonyl (C=O) groups is 1. The molecule has 0 bridgehead atoms. The van der Waals surface area contributed by atoms with Crippen LogP contribution in [0.3, 0.4) is 0 Å². The van der Waals surface area contributed by atoms with Gasteiger partial charge in [0.05, 0.1) is 12.3 Å². The highest BCUT2D eigenvalue weighted by Gasteiger charge is 2.22. The zero-order chi connectivity index (χ0) is 12.9. The Balaban J connectivity index is 2.40. The van der Waals surface area contributed by atoms with Gasteiger partial charge in [-0.05, 0) is 39.8 Å². The van der Waals surface area contributed by atoms with Crippen molar-refractivity contribution in [3.05, 3.63) is 30.1 Å². The standard InChI is InChI=1S/C13H19NO3/c1-10(12(15)17-13(2,3)4)16-9-11-7-5-6-8-14-11/h5-8,10H,9H2,1-4H3. The van der Waals surface area contributed by atoms with E-state index in [4.69, 9.17) is 9.47 Å². The van der Waals surface area contributed by atoms with Crippen LogP contribution in [0.2, 0.25) is 0 Å². The Morgan fingerprint density at radius 3 is 2.65 bits per heavy atom. The minimum absolute atomic E-state index is 0.307. The summed E-state index contributed by atoms with van der Waals surface area (Å²) >= 11 is 0. The van der Waals surface area contributed by atoms with Gasteiger partial charge in [0.2, 0.25) is 0 Å². The quantitative estimate of drug-likeness (QED) is 0.754. The van der Waals surface area contributed by atoms with E-state index in [0.29, 0.717) is 6.61 Å². The van der Waals surface area contributed by atoms with Crippen molar-refractivity contribution in [3.8, 4) is 0 Å². The molecule has 94 valence electrons. The average Bonchev–Trinajstić information content (AvgIpc) is 2.25. The van der Waals surface area contributed by atoms with E-state index in [9.17, 15) is 4.79 Å². The number of hydrogen-bond donors (Lipinski definition) is 0. The Labute approximate surface area is 102 Å². The van der Waals surface area contributed by atoms with E-state index in [-0.39, 0.29) is 5.97 Å². The lowest BCUT2D eigenvalue weighted by molar-refractivity contribution is -0.168. The van der Waals surface area contributed by atoms with Crippen LogP contribution < -0.4 is 0 Å². The van der Waals surface area contributed by atoms with E-state index < -0.39 is 11.7 Å². The summed E-state index contributed by atoms with van der Waals surface area (Å²) in [6.45, 7) is 7.47. The van der Waals surface area contributed by atoms with Gasteiger partial charge in [0, 0.05) is 6.20 Å². The van der Waals surface area contributed by atoms with Crippen LogP contribution in [-0.2, 0) is 20.9 Å². The normalized spacial score (nSPS) is 13.2. The van der Waals surface area contributed by atoms with Gasteiger partial charge in [-0.15, -0.1) is 0 Å². The lowest BCUT2D eigenvalue weighted by Gasteiger charge is -2.22. The summed E-state index contributed by atoms with van der Waals surface area (Å²) in [6, 6.07) is 5.56. The zero-order valence-corrected chi connectivity index (χ0v) is 10.8. The highest BCUT2D eigenvalue weighted by atomic mass is 16.6. The molecule has 0 amide bonds. The van der Waals surface area contributed by atoms with Crippen LogP contribution in [0.15, 0.2) is 24.4 Å². The molecular formula is C13H19NO3. The van der Waals surface area contributed by atoms with E-state index in [1.165, 1.54) is 0 Å². The van der Waals surface area contributed by atoms with Crippen molar-refractivity contribution in [1.82, 2.24) is 4.98 Å². The molecule has 0 radical (unpaired) electrons. The second-order valence-electron chi connectivity index (χ2n) is 4.81. The van der Waals surface area contributed by atoms with Gasteiger partial charge in [0.1, 0.15) is 5.60 Å². The number of nitrogens with zero attached hydrogens (tertiary/aromatic N) is 1. The molecule has 0 aliphatic heterocycles. The summed E-state index contributed by atoms with van der Waals surface area (Å²) in [5, 5.41) is 0. The molecule has 1 unspecified atom stereocenters. The lowest BCUT2D eigenvalue weighted by atomic mass is 10.2. The second kappa shape index (κ2) is 5.77. The summed E-state index contributed by atoms with van der Waals surface area (Å²) in [6.07, 6.45) is 1.10. The number of pyridine rings is 1. The summed E-state index contributed by atoms with van der Waals surface area (Å²) in [4.78, 5) is 15.7. The molecule has 1 aromatic heterocycles. The monoisotopic (exact) mass is 237 g/mol. The third-order valence-electron chi connectivity index (χ3n) is 1.95. The van der Waals surface area contributed by atoms with Crippen LogP contribution >= 0.6 is 0 Å². The summed E-state index contributed by atoms with van der Waals surface area (Å²) in [5.41, 5.74) is 0.308. The van der Waals surface area contributed by atoms with Crippen molar-refractivity contribution in [2.75, 3.05) is 0 Å². The highest BCUT2D eigenvalue weighted by Crippen LogP contribution is 2.10. The Kier molecular flexibility index (Phi) is 4.63. The van der Waals surface area contributed by atoms with Gasteiger partial charge in [-0.3, -0.25) is 4.98 Å². The van der Waals surface area contributed by atoms with E-state index in [1.54, 1.807) is 13.1 Å². The first-order valence-electron chi connectivity index (χ1n) is 5.63. The van der Waals surface area contributed by atoms with E-state index >= 15 is 0 Å². The molecule has 0 aliphatic rings. The second-order valence-corrected chi connectivity index (χ2v) is 4.81. The summed E-state index contributed by atoms with van der Waals surface area (Å²) < 4.78 is 10.6. The Morgan fingerprint density at radius 1 is 1.41 bits per heavy atom. The molecule has 4 heteroatoms. The van der Waals surface area contributed by atoms with Crippen molar-refractivity contribution < 1.29 is 14.3 Å². The first-order chi connectivity index (χ1) is 7.88. The number of ether oxygens (including phenoxy) is 2. The number of esters is 1. The maximum Gasteiger partial charge on any atom is 0.335 e. The van der Waals surface area contributed by atoms with Crippen molar-refractivity contribution in [1.29, 1.82) is 0 Å². The molecule has 4 nitrogen and oxygen atoms in total. The molecule has 0 spiro atoms. The molecule has 0 N–H and O–H groups in total. The van der Waals surface area contributed by atoms with E-state index in [1.807, 2.05) is 39.0 Å². The maximum absolute atomic E-state index is 11.6. The van der Waals surface area contributed by atoms with Gasteiger partial charge < -0.3 is 9.47 Å². The predicted molar refractivity (Wildman–Crippen MR) is 64.3 cm³/mol. The number of aromatic nitrogens is 1. The van der Waals surface area contributed by atoms with E-state index in [0.717, 1.165) is 5.69 Å². The first-order valence-corrected chi connectivity index (χ1v) is 5.63. The Hall–Kier alpha value is -1.42. The van der Waals surface area contributed by atoms with Gasteiger partial charge in [-0.25, -0.2) is 4.79 Å². The average molecular weight is 237 g/mol. The SMILES string of the molecule is CC(OCc1ccccn1)C(=O)OC(C)(C)C. The zero-order valence-electron chi connectivity index (χ0n) is 10.8. The topological polar surface area (TPSA) is 48.4 Å². The van der Waals surface area contributed by atoms with Crippen LogP contribution in [-0.4, -0.2) is 22.7 Å². The fourth-order valence-electron chi connectivity index (χ4n) is 1.15. The Bertz CT molecular complexity index is 357. The molecule has 1 aromatic rings. The lowest BCUT2D eigenvalue weighted by Crippen LogP contribution is -2.31. The molecule has 0 aromatic carbocycles. The fraction of sp³-hybridized carbons (Fsp3) is 0.538. The number of rotatable bonds is 4. The van der Waals surface area contributed by atoms with E-state index in [2.05, 4.69) is 4.98 Å². The third kappa shape index (κ3) is 5.45. The third-order valence-corrected chi connectivity index (χ3v) is 1.95. The van der Waals surface area contributed by atoms with Crippen molar-refractivity contribution >= 4 is 5.97 Å². The molecule has 1 heterocycles. The van der Waals surface area contributed by atoms with Gasteiger partial charge in [0.25, 0.3) is 0 Å². The van der Waals surface area contributed by atoms with Gasteiger partial charge >= 0.3 is 5.97 Å². The van der Waals surface area contributed by atoms with Crippen molar-refractivity contribution in [3.63, 3.8) is 0 Å². The number of carbonyl (C=O) groups excluding carboxylic acids is 1. The smallest absolute Gasteiger partial charge is 0.335 e. The molecule has 0 saturated heterocycles. The molecule has 0 fully saturated rings. The van der Waals surface area contributed by atoms with Gasteiger partial charge in [-0.2, -0.15) is 0 Å². The molecule has 17 heavy (non-hydrogen) atoms. The minimum atomic E-state index is -0.587. The fourth-order valence-corrected chi connectivity index (χ4v) is 1.15. The van der Waals surface area contributed by atoms with Crippen LogP contribution in [0.25, 0.3) is 0 Å². The largest absolute Gasteiger partial charge is 0.458 e. The number of hydrogen-bond acceptors (Lipinski definition) is 4. The van der Waals surface area contributed by atoms with Crippen LogP contribution in [0.5, 0.6) is 0 Å².